The lowest BCUT2D eigenvalue weighted by Crippen LogP contribution is -2.26. The molecule has 2 N–H and O–H groups in total. The van der Waals surface area contributed by atoms with Gasteiger partial charge in [-0.2, -0.15) is 0 Å². The molecule has 23 heavy (non-hydrogen) atoms. The first-order valence-corrected chi connectivity index (χ1v) is 9.02. The number of nitrogens with one attached hydrogen (secondary N) is 2. The zero-order chi connectivity index (χ0) is 16.1. The van der Waals surface area contributed by atoms with E-state index >= 15 is 0 Å². The molecule has 120 valence electrons. The van der Waals surface area contributed by atoms with Crippen LogP contribution >= 0.6 is 11.8 Å². The summed E-state index contributed by atoms with van der Waals surface area (Å²) < 4.78 is 0. The summed E-state index contributed by atoms with van der Waals surface area (Å²) in [5.74, 6) is 1.14. The van der Waals surface area contributed by atoms with Gasteiger partial charge in [0.2, 0.25) is 0 Å². The van der Waals surface area contributed by atoms with Gasteiger partial charge in [0.05, 0.1) is 0 Å². The van der Waals surface area contributed by atoms with E-state index in [1.165, 1.54) is 28.2 Å². The van der Waals surface area contributed by atoms with Crippen molar-refractivity contribution in [3.05, 3.63) is 65.2 Å². The normalized spacial score (nSPS) is 16.7. The Kier molecular flexibility index (Phi) is 5.36. The van der Waals surface area contributed by atoms with E-state index in [0.29, 0.717) is 6.04 Å². The number of hydrogen-bond donors (Lipinski definition) is 2. The van der Waals surface area contributed by atoms with Crippen molar-refractivity contribution in [2.45, 2.75) is 23.8 Å². The summed E-state index contributed by atoms with van der Waals surface area (Å²) in [6.07, 6.45) is 2.09. The van der Waals surface area contributed by atoms with E-state index in [-0.39, 0.29) is 5.91 Å². The molecule has 3 rings (SSSR count). The maximum absolute atomic E-state index is 11.7. The summed E-state index contributed by atoms with van der Waals surface area (Å²) >= 11 is 1.95. The number of amides is 1. The van der Waals surface area contributed by atoms with Crippen LogP contribution in [0, 0.1) is 0 Å². The van der Waals surface area contributed by atoms with Crippen molar-refractivity contribution in [2.75, 3.05) is 19.3 Å². The van der Waals surface area contributed by atoms with Gasteiger partial charge >= 0.3 is 0 Å². The average Bonchev–Trinajstić information content (AvgIpc) is 2.61. The van der Waals surface area contributed by atoms with E-state index in [2.05, 4.69) is 41.0 Å². The van der Waals surface area contributed by atoms with Gasteiger partial charge in [0, 0.05) is 23.5 Å². The third-order valence-corrected chi connectivity index (χ3v) is 5.30. The molecule has 0 saturated heterocycles. The predicted octanol–water partition coefficient (Wildman–Crippen LogP) is 3.42. The molecule has 1 aliphatic heterocycles. The third-order valence-electron chi connectivity index (χ3n) is 4.18. The molecule has 1 unspecified atom stereocenters. The van der Waals surface area contributed by atoms with Crippen molar-refractivity contribution in [3.8, 4) is 0 Å². The highest BCUT2D eigenvalue weighted by Crippen LogP contribution is 2.35. The smallest absolute Gasteiger partial charge is 0.251 e. The van der Waals surface area contributed by atoms with Crippen LogP contribution in [0.3, 0.4) is 0 Å². The minimum Gasteiger partial charge on any atom is -0.355 e. The monoisotopic (exact) mass is 326 g/mol. The number of rotatable bonds is 5. The molecule has 2 aromatic rings. The SMILES string of the molecule is CNC(=O)c1cccc(CCNC2CCSc3ccccc32)c1. The molecule has 3 nitrogen and oxygen atoms in total. The van der Waals surface area contributed by atoms with Gasteiger partial charge in [0.15, 0.2) is 0 Å². The Bertz CT molecular complexity index is 687. The number of carbonyl (C=O) groups excluding carboxylic acids is 1. The van der Waals surface area contributed by atoms with Crippen molar-refractivity contribution in [3.63, 3.8) is 0 Å². The summed E-state index contributed by atoms with van der Waals surface area (Å²) in [6.45, 7) is 0.918. The van der Waals surface area contributed by atoms with E-state index in [1.807, 2.05) is 30.0 Å². The molecule has 2 aromatic carbocycles. The summed E-state index contributed by atoms with van der Waals surface area (Å²) in [5, 5.41) is 6.35. The van der Waals surface area contributed by atoms with Crippen LogP contribution < -0.4 is 10.6 Å². The van der Waals surface area contributed by atoms with Gasteiger partial charge in [-0.3, -0.25) is 4.79 Å². The fourth-order valence-corrected chi connectivity index (χ4v) is 4.08. The first kappa shape index (κ1) is 16.1. The lowest BCUT2D eigenvalue weighted by molar-refractivity contribution is 0.0963. The molecule has 0 spiro atoms. The zero-order valence-electron chi connectivity index (χ0n) is 13.3. The van der Waals surface area contributed by atoms with E-state index in [0.717, 1.165) is 18.5 Å². The first-order chi connectivity index (χ1) is 11.3. The Hall–Kier alpha value is -1.78. The topological polar surface area (TPSA) is 41.1 Å². The van der Waals surface area contributed by atoms with Crippen LogP contribution in [0.15, 0.2) is 53.4 Å². The third kappa shape index (κ3) is 3.95. The maximum atomic E-state index is 11.7. The largest absolute Gasteiger partial charge is 0.355 e. The number of hydrogen-bond acceptors (Lipinski definition) is 3. The molecular weight excluding hydrogens is 304 g/mol. The number of carbonyl (C=O) groups is 1. The maximum Gasteiger partial charge on any atom is 0.251 e. The van der Waals surface area contributed by atoms with E-state index in [1.54, 1.807) is 7.05 Å². The highest BCUT2D eigenvalue weighted by atomic mass is 32.2. The molecule has 1 heterocycles. The van der Waals surface area contributed by atoms with Crippen LogP contribution in [0.4, 0.5) is 0 Å². The molecule has 1 amide bonds. The second kappa shape index (κ2) is 7.66. The van der Waals surface area contributed by atoms with Crippen LogP contribution in [0.5, 0.6) is 0 Å². The zero-order valence-corrected chi connectivity index (χ0v) is 14.2. The Labute approximate surface area is 141 Å². The molecule has 1 atom stereocenters. The van der Waals surface area contributed by atoms with E-state index in [4.69, 9.17) is 0 Å². The summed E-state index contributed by atoms with van der Waals surface area (Å²) in [5.41, 5.74) is 3.34. The summed E-state index contributed by atoms with van der Waals surface area (Å²) in [4.78, 5) is 13.1. The molecule has 4 heteroatoms. The molecule has 1 aliphatic rings. The molecular formula is C19H22N2OS. The lowest BCUT2D eigenvalue weighted by Gasteiger charge is -2.26. The quantitative estimate of drug-likeness (QED) is 0.884. The standard InChI is InChI=1S/C19H22N2OS/c1-20-19(22)15-6-4-5-14(13-15)9-11-21-17-10-12-23-18-8-3-2-7-16(17)18/h2-8,13,17,21H,9-12H2,1H3,(H,20,22). The molecule has 0 fully saturated rings. The second-order valence-electron chi connectivity index (χ2n) is 5.71. The minimum absolute atomic E-state index is 0.0296. The van der Waals surface area contributed by atoms with Crippen molar-refractivity contribution in [1.82, 2.24) is 10.6 Å². The average molecular weight is 326 g/mol. The molecule has 0 bridgehead atoms. The Morgan fingerprint density at radius 1 is 1.22 bits per heavy atom. The van der Waals surface area contributed by atoms with Crippen LogP contribution in [0.25, 0.3) is 0 Å². The summed E-state index contributed by atoms with van der Waals surface area (Å²) in [6, 6.07) is 17.0. The van der Waals surface area contributed by atoms with Crippen LogP contribution in [-0.2, 0) is 6.42 Å². The van der Waals surface area contributed by atoms with E-state index in [9.17, 15) is 4.79 Å². The fraction of sp³-hybridized carbons (Fsp3) is 0.316. The second-order valence-corrected chi connectivity index (χ2v) is 6.85. The van der Waals surface area contributed by atoms with Crippen molar-refractivity contribution < 1.29 is 4.79 Å². The molecule has 0 radical (unpaired) electrons. The minimum atomic E-state index is -0.0296. The predicted molar refractivity (Wildman–Crippen MR) is 96.1 cm³/mol. The molecule has 0 saturated carbocycles. The van der Waals surface area contributed by atoms with Gasteiger partial charge in [0.1, 0.15) is 0 Å². The van der Waals surface area contributed by atoms with Gasteiger partial charge in [-0.15, -0.1) is 11.8 Å². The van der Waals surface area contributed by atoms with Crippen molar-refractivity contribution in [2.24, 2.45) is 0 Å². The van der Waals surface area contributed by atoms with Crippen molar-refractivity contribution >= 4 is 17.7 Å². The van der Waals surface area contributed by atoms with E-state index < -0.39 is 0 Å². The Balaban J connectivity index is 1.59. The van der Waals surface area contributed by atoms with Gasteiger partial charge in [-0.1, -0.05) is 30.3 Å². The number of fused-ring (bicyclic) bond motifs is 1. The van der Waals surface area contributed by atoms with Gasteiger partial charge in [0.25, 0.3) is 5.91 Å². The Morgan fingerprint density at radius 2 is 2.09 bits per heavy atom. The lowest BCUT2D eigenvalue weighted by atomic mass is 10.0. The Morgan fingerprint density at radius 3 is 2.96 bits per heavy atom. The number of thioether (sulfide) groups is 1. The number of benzene rings is 2. The van der Waals surface area contributed by atoms with Gasteiger partial charge in [-0.05, 0) is 54.5 Å². The highest BCUT2D eigenvalue weighted by molar-refractivity contribution is 7.99. The van der Waals surface area contributed by atoms with Gasteiger partial charge < -0.3 is 10.6 Å². The van der Waals surface area contributed by atoms with Crippen LogP contribution in [0.2, 0.25) is 0 Å². The summed E-state index contributed by atoms with van der Waals surface area (Å²) in [7, 11) is 1.66. The van der Waals surface area contributed by atoms with Crippen LogP contribution in [0.1, 0.15) is 33.9 Å². The molecule has 0 aromatic heterocycles. The highest BCUT2D eigenvalue weighted by Gasteiger charge is 2.19. The first-order valence-electron chi connectivity index (χ1n) is 8.04. The van der Waals surface area contributed by atoms with Crippen LogP contribution in [-0.4, -0.2) is 25.3 Å². The molecule has 0 aliphatic carbocycles. The van der Waals surface area contributed by atoms with Gasteiger partial charge in [-0.25, -0.2) is 0 Å². The fourth-order valence-electron chi connectivity index (χ4n) is 2.96. The van der Waals surface area contributed by atoms with Crippen molar-refractivity contribution in [1.29, 1.82) is 0 Å².